The first kappa shape index (κ1) is 15.2. The zero-order valence-corrected chi connectivity index (χ0v) is 12.4. The fraction of sp³-hybridized carbons (Fsp3) is 0.188. The molecule has 2 aromatic rings. The smallest absolute Gasteiger partial charge is 0.337 e. The third-order valence-corrected chi connectivity index (χ3v) is 3.54. The van der Waals surface area contributed by atoms with Gasteiger partial charge in [0.05, 0.1) is 16.3 Å². The highest BCUT2D eigenvalue weighted by Crippen LogP contribution is 2.29. The monoisotopic (exact) mass is 304 g/mol. The molecule has 2 aromatic carbocycles. The summed E-state index contributed by atoms with van der Waals surface area (Å²) in [5, 5.41) is 12.6. The molecule has 4 nitrogen and oxygen atoms in total. The van der Waals surface area contributed by atoms with Crippen LogP contribution in [0.25, 0.3) is 0 Å². The van der Waals surface area contributed by atoms with Crippen molar-refractivity contribution in [1.29, 1.82) is 0 Å². The van der Waals surface area contributed by atoms with E-state index in [0.717, 1.165) is 12.0 Å². The molecule has 4 N–H and O–H groups in total. The minimum atomic E-state index is -1.06. The molecule has 0 bridgehead atoms. The lowest BCUT2D eigenvalue weighted by Gasteiger charge is -2.13. The van der Waals surface area contributed by atoms with Crippen LogP contribution in [0.5, 0.6) is 0 Å². The molecular weight excluding hydrogens is 288 g/mol. The van der Waals surface area contributed by atoms with Crippen LogP contribution in [0.15, 0.2) is 36.4 Å². The molecule has 21 heavy (non-hydrogen) atoms. The first-order valence-electron chi connectivity index (χ1n) is 6.65. The number of hydrogen-bond donors (Lipinski definition) is 3. The Kier molecular flexibility index (Phi) is 4.70. The maximum absolute atomic E-state index is 11.3. The van der Waals surface area contributed by atoms with E-state index in [1.54, 1.807) is 0 Å². The van der Waals surface area contributed by atoms with E-state index in [0.29, 0.717) is 22.9 Å². The molecule has 0 saturated heterocycles. The predicted octanol–water partition coefficient (Wildman–Crippen LogP) is 3.79. The molecule has 0 aromatic heterocycles. The number of carboxylic acids is 1. The van der Waals surface area contributed by atoms with E-state index in [2.05, 4.69) is 24.4 Å². The molecule has 0 fully saturated rings. The summed E-state index contributed by atoms with van der Waals surface area (Å²) in [5.41, 5.74) is 8.73. The van der Waals surface area contributed by atoms with Crippen LogP contribution < -0.4 is 11.1 Å². The fourth-order valence-electron chi connectivity index (χ4n) is 2.06. The van der Waals surface area contributed by atoms with Gasteiger partial charge in [-0.2, -0.15) is 0 Å². The second-order valence-electron chi connectivity index (χ2n) is 4.75. The Morgan fingerprint density at radius 2 is 1.86 bits per heavy atom. The quantitative estimate of drug-likeness (QED) is 0.735. The van der Waals surface area contributed by atoms with Gasteiger partial charge in [-0.25, -0.2) is 4.79 Å². The zero-order chi connectivity index (χ0) is 15.4. The van der Waals surface area contributed by atoms with Gasteiger partial charge in [0.15, 0.2) is 0 Å². The van der Waals surface area contributed by atoms with Gasteiger partial charge in [0.1, 0.15) is 0 Å². The Bertz CT molecular complexity index is 654. The molecule has 0 spiro atoms. The second-order valence-corrected chi connectivity index (χ2v) is 5.16. The van der Waals surface area contributed by atoms with Crippen molar-refractivity contribution in [2.45, 2.75) is 19.9 Å². The normalized spacial score (nSPS) is 10.4. The van der Waals surface area contributed by atoms with Gasteiger partial charge < -0.3 is 16.2 Å². The first-order valence-corrected chi connectivity index (χ1v) is 7.03. The molecule has 0 aliphatic heterocycles. The summed E-state index contributed by atoms with van der Waals surface area (Å²) in [6.45, 7) is 2.59. The summed E-state index contributed by atoms with van der Waals surface area (Å²) in [6.07, 6.45) is 0.987. The maximum atomic E-state index is 11.3. The second kappa shape index (κ2) is 6.50. The number of aromatic carboxylic acids is 1. The number of benzene rings is 2. The van der Waals surface area contributed by atoms with Gasteiger partial charge in [0.2, 0.25) is 0 Å². The van der Waals surface area contributed by atoms with Crippen LogP contribution in [0, 0.1) is 0 Å². The summed E-state index contributed by atoms with van der Waals surface area (Å²) in [5.74, 6) is -1.06. The van der Waals surface area contributed by atoms with Crippen LogP contribution in [-0.2, 0) is 13.0 Å². The Morgan fingerprint density at radius 3 is 2.43 bits per heavy atom. The van der Waals surface area contributed by atoms with E-state index in [1.807, 2.05) is 12.1 Å². The van der Waals surface area contributed by atoms with Crippen LogP contribution in [0.2, 0.25) is 5.02 Å². The number of nitrogens with two attached hydrogens (primary N) is 1. The summed E-state index contributed by atoms with van der Waals surface area (Å²) in [7, 11) is 0. The molecule has 0 amide bonds. The molecule has 0 unspecified atom stereocenters. The number of rotatable bonds is 5. The van der Waals surface area contributed by atoms with Gasteiger partial charge in [-0.05, 0) is 29.7 Å². The third-order valence-electron chi connectivity index (χ3n) is 3.24. The van der Waals surface area contributed by atoms with Crippen molar-refractivity contribution in [1.82, 2.24) is 0 Å². The minimum absolute atomic E-state index is 0.0742. The standard InChI is InChI=1S/C16H17ClN2O2/c1-2-10-3-5-11(6-4-10)9-19-15-13(16(20)21)7-12(18)8-14(15)17/h3-8,19H,2,9,18H2,1H3,(H,20,21). The molecule has 110 valence electrons. The van der Waals surface area contributed by atoms with Gasteiger partial charge >= 0.3 is 5.97 Å². The Balaban J connectivity index is 2.20. The highest BCUT2D eigenvalue weighted by Gasteiger charge is 2.14. The topological polar surface area (TPSA) is 75.3 Å². The largest absolute Gasteiger partial charge is 0.478 e. The van der Waals surface area contributed by atoms with E-state index >= 15 is 0 Å². The Hall–Kier alpha value is -2.20. The molecular formula is C16H17ClN2O2. The van der Waals surface area contributed by atoms with Gasteiger partial charge in [-0.1, -0.05) is 42.8 Å². The number of carbonyl (C=O) groups is 1. The molecule has 0 radical (unpaired) electrons. The van der Waals surface area contributed by atoms with E-state index in [4.69, 9.17) is 17.3 Å². The fourth-order valence-corrected chi connectivity index (χ4v) is 2.35. The number of nitrogen functional groups attached to an aromatic ring is 1. The summed E-state index contributed by atoms with van der Waals surface area (Å²) in [4.78, 5) is 11.3. The molecule has 0 aliphatic carbocycles. The van der Waals surface area contributed by atoms with Crippen LogP contribution in [0.1, 0.15) is 28.4 Å². The third kappa shape index (κ3) is 3.67. The van der Waals surface area contributed by atoms with Crippen molar-refractivity contribution >= 4 is 28.9 Å². The van der Waals surface area contributed by atoms with Gasteiger partial charge in [0, 0.05) is 12.2 Å². The highest BCUT2D eigenvalue weighted by molar-refractivity contribution is 6.34. The minimum Gasteiger partial charge on any atom is -0.478 e. The van der Waals surface area contributed by atoms with Gasteiger partial charge in [-0.3, -0.25) is 0 Å². The molecule has 0 atom stereocenters. The van der Waals surface area contributed by atoms with E-state index in [-0.39, 0.29) is 5.56 Å². The summed E-state index contributed by atoms with van der Waals surface area (Å²) >= 11 is 6.09. The van der Waals surface area contributed by atoms with Crippen molar-refractivity contribution in [2.75, 3.05) is 11.1 Å². The summed E-state index contributed by atoms with van der Waals surface area (Å²) < 4.78 is 0. The highest BCUT2D eigenvalue weighted by atomic mass is 35.5. The number of nitrogens with one attached hydrogen (secondary N) is 1. The van der Waals surface area contributed by atoms with E-state index < -0.39 is 5.97 Å². The number of halogens is 1. The first-order chi connectivity index (χ1) is 10.0. The van der Waals surface area contributed by atoms with Crippen LogP contribution in [0.3, 0.4) is 0 Å². The van der Waals surface area contributed by atoms with E-state index in [9.17, 15) is 9.90 Å². The van der Waals surface area contributed by atoms with Crippen LogP contribution in [-0.4, -0.2) is 11.1 Å². The molecule has 0 saturated carbocycles. The summed E-state index contributed by atoms with van der Waals surface area (Å²) in [6, 6.07) is 11.1. The van der Waals surface area contributed by atoms with Crippen molar-refractivity contribution in [3.63, 3.8) is 0 Å². The maximum Gasteiger partial charge on any atom is 0.337 e. The predicted molar refractivity (Wildman–Crippen MR) is 86.0 cm³/mol. The number of hydrogen-bond acceptors (Lipinski definition) is 3. The molecule has 0 aliphatic rings. The number of anilines is 2. The van der Waals surface area contributed by atoms with Gasteiger partial charge in [-0.15, -0.1) is 0 Å². The average molecular weight is 305 g/mol. The Morgan fingerprint density at radius 1 is 1.24 bits per heavy atom. The van der Waals surface area contributed by atoms with Crippen molar-refractivity contribution < 1.29 is 9.90 Å². The number of aryl methyl sites for hydroxylation is 1. The van der Waals surface area contributed by atoms with E-state index in [1.165, 1.54) is 17.7 Å². The molecule has 5 heteroatoms. The lowest BCUT2D eigenvalue weighted by atomic mass is 10.1. The SMILES string of the molecule is CCc1ccc(CNc2c(Cl)cc(N)cc2C(=O)O)cc1. The lowest BCUT2D eigenvalue weighted by molar-refractivity contribution is 0.0698. The zero-order valence-electron chi connectivity index (χ0n) is 11.7. The average Bonchev–Trinajstić information content (AvgIpc) is 2.46. The van der Waals surface area contributed by atoms with Crippen LogP contribution >= 0.6 is 11.6 Å². The van der Waals surface area contributed by atoms with Gasteiger partial charge in [0.25, 0.3) is 0 Å². The van der Waals surface area contributed by atoms with Crippen molar-refractivity contribution in [2.24, 2.45) is 0 Å². The Labute approximate surface area is 128 Å². The van der Waals surface area contributed by atoms with Crippen molar-refractivity contribution in [3.8, 4) is 0 Å². The number of carboxylic acid groups (broad SMARTS) is 1. The molecule has 2 rings (SSSR count). The van der Waals surface area contributed by atoms with Crippen molar-refractivity contribution in [3.05, 3.63) is 58.1 Å². The van der Waals surface area contributed by atoms with Crippen LogP contribution in [0.4, 0.5) is 11.4 Å². The molecule has 0 heterocycles. The lowest BCUT2D eigenvalue weighted by Crippen LogP contribution is -2.08.